The summed E-state index contributed by atoms with van der Waals surface area (Å²) in [5.41, 5.74) is 2.20. The summed E-state index contributed by atoms with van der Waals surface area (Å²) < 4.78 is 10.4. The maximum Gasteiger partial charge on any atom is 0.309 e. The monoisotopic (exact) mass is 346 g/mol. The Bertz CT molecular complexity index is 640. The SMILES string of the molecule is COc1ccc(CNC(=O)C(=O)NCCC2=CCCCC2)cc1OC. The molecule has 1 aromatic rings. The van der Waals surface area contributed by atoms with E-state index in [1.165, 1.54) is 18.4 Å². The smallest absolute Gasteiger partial charge is 0.309 e. The lowest BCUT2D eigenvalue weighted by atomic mass is 9.97. The number of rotatable bonds is 7. The van der Waals surface area contributed by atoms with Crippen molar-refractivity contribution in [1.82, 2.24) is 10.6 Å². The minimum Gasteiger partial charge on any atom is -0.493 e. The number of methoxy groups -OCH3 is 2. The molecule has 2 N–H and O–H groups in total. The van der Waals surface area contributed by atoms with E-state index < -0.39 is 11.8 Å². The number of carbonyl (C=O) groups excluding carboxylic acids is 2. The van der Waals surface area contributed by atoms with Gasteiger partial charge in [0.1, 0.15) is 0 Å². The van der Waals surface area contributed by atoms with E-state index in [-0.39, 0.29) is 6.54 Å². The van der Waals surface area contributed by atoms with Gasteiger partial charge in [-0.05, 0) is 49.8 Å². The van der Waals surface area contributed by atoms with Gasteiger partial charge in [-0.2, -0.15) is 0 Å². The maximum absolute atomic E-state index is 11.9. The van der Waals surface area contributed by atoms with Crippen molar-refractivity contribution in [2.75, 3.05) is 20.8 Å². The molecule has 1 aromatic carbocycles. The molecule has 0 saturated carbocycles. The largest absolute Gasteiger partial charge is 0.493 e. The minimum absolute atomic E-state index is 0.248. The van der Waals surface area contributed by atoms with Crippen molar-refractivity contribution in [3.05, 3.63) is 35.4 Å². The molecule has 2 amide bonds. The van der Waals surface area contributed by atoms with E-state index in [4.69, 9.17) is 9.47 Å². The highest BCUT2D eigenvalue weighted by atomic mass is 16.5. The molecule has 0 unspecified atom stereocenters. The van der Waals surface area contributed by atoms with E-state index in [0.29, 0.717) is 18.0 Å². The quantitative estimate of drug-likeness (QED) is 0.587. The standard InChI is InChI=1S/C19H26N2O4/c1-24-16-9-8-15(12-17(16)25-2)13-21-19(23)18(22)20-11-10-14-6-4-3-5-7-14/h6,8-9,12H,3-5,7,10-11,13H2,1-2H3,(H,20,22)(H,21,23). The van der Waals surface area contributed by atoms with Crippen LogP contribution in [0, 0.1) is 0 Å². The second-order valence-corrected chi connectivity index (χ2v) is 5.99. The van der Waals surface area contributed by atoms with Crippen molar-refractivity contribution < 1.29 is 19.1 Å². The Morgan fingerprint density at radius 1 is 1.04 bits per heavy atom. The molecular weight excluding hydrogens is 320 g/mol. The number of ether oxygens (including phenoxy) is 2. The van der Waals surface area contributed by atoms with Crippen molar-refractivity contribution in [2.24, 2.45) is 0 Å². The first-order valence-electron chi connectivity index (χ1n) is 8.59. The van der Waals surface area contributed by atoms with E-state index in [1.54, 1.807) is 26.4 Å². The molecule has 0 atom stereocenters. The van der Waals surface area contributed by atoms with E-state index in [1.807, 2.05) is 6.07 Å². The molecule has 0 fully saturated rings. The lowest BCUT2D eigenvalue weighted by Crippen LogP contribution is -2.40. The van der Waals surface area contributed by atoms with Gasteiger partial charge in [-0.3, -0.25) is 9.59 Å². The van der Waals surface area contributed by atoms with Crippen molar-refractivity contribution in [3.63, 3.8) is 0 Å². The lowest BCUT2D eigenvalue weighted by Gasteiger charge is -2.13. The number of benzene rings is 1. The van der Waals surface area contributed by atoms with Gasteiger partial charge in [0.05, 0.1) is 14.2 Å². The minimum atomic E-state index is -0.632. The molecule has 0 bridgehead atoms. The van der Waals surface area contributed by atoms with Crippen molar-refractivity contribution >= 4 is 11.8 Å². The first kappa shape index (κ1) is 18.8. The maximum atomic E-state index is 11.9. The number of allylic oxidation sites excluding steroid dienone is 1. The number of hydrogen-bond acceptors (Lipinski definition) is 4. The van der Waals surface area contributed by atoms with Crippen molar-refractivity contribution in [2.45, 2.75) is 38.6 Å². The van der Waals surface area contributed by atoms with Crippen LogP contribution >= 0.6 is 0 Å². The van der Waals surface area contributed by atoms with Crippen LogP contribution in [0.1, 0.15) is 37.7 Å². The van der Waals surface area contributed by atoms with Gasteiger partial charge in [-0.15, -0.1) is 0 Å². The van der Waals surface area contributed by atoms with Gasteiger partial charge >= 0.3 is 11.8 Å². The number of amides is 2. The Morgan fingerprint density at radius 3 is 2.48 bits per heavy atom. The van der Waals surface area contributed by atoms with Crippen LogP contribution in [0.5, 0.6) is 11.5 Å². The zero-order chi connectivity index (χ0) is 18.1. The molecular formula is C19H26N2O4. The molecule has 0 radical (unpaired) electrons. The summed E-state index contributed by atoms with van der Waals surface area (Å²) in [4.78, 5) is 23.7. The second-order valence-electron chi connectivity index (χ2n) is 5.99. The van der Waals surface area contributed by atoms with Gasteiger partial charge < -0.3 is 20.1 Å². The highest BCUT2D eigenvalue weighted by Crippen LogP contribution is 2.27. The molecule has 6 heteroatoms. The van der Waals surface area contributed by atoms with Gasteiger partial charge in [0.2, 0.25) is 0 Å². The molecule has 0 saturated heterocycles. The zero-order valence-electron chi connectivity index (χ0n) is 14.9. The van der Waals surface area contributed by atoms with Crippen molar-refractivity contribution in [3.8, 4) is 11.5 Å². The van der Waals surface area contributed by atoms with Crippen LogP contribution in [0.15, 0.2) is 29.8 Å². The number of nitrogens with one attached hydrogen (secondary N) is 2. The third kappa shape index (κ3) is 5.81. The van der Waals surface area contributed by atoms with Gasteiger partial charge in [0.25, 0.3) is 0 Å². The molecule has 1 aliphatic carbocycles. The third-order valence-electron chi connectivity index (χ3n) is 4.22. The van der Waals surface area contributed by atoms with Crippen LogP contribution in [0.4, 0.5) is 0 Å². The second kappa shape index (κ2) is 9.71. The summed E-state index contributed by atoms with van der Waals surface area (Å²) in [6.07, 6.45) is 7.73. The highest BCUT2D eigenvalue weighted by Gasteiger charge is 2.13. The molecule has 25 heavy (non-hydrogen) atoms. The predicted octanol–water partition coefficient (Wildman–Crippen LogP) is 2.33. The van der Waals surface area contributed by atoms with Crippen LogP contribution in [0.2, 0.25) is 0 Å². The third-order valence-corrected chi connectivity index (χ3v) is 4.22. The van der Waals surface area contributed by atoms with Gasteiger partial charge in [0, 0.05) is 13.1 Å². The van der Waals surface area contributed by atoms with Crippen LogP contribution in [-0.2, 0) is 16.1 Å². The summed E-state index contributed by atoms with van der Waals surface area (Å²) in [5, 5.41) is 5.28. The first-order chi connectivity index (χ1) is 12.1. The Hall–Kier alpha value is -2.50. The molecule has 0 heterocycles. The van der Waals surface area contributed by atoms with Gasteiger partial charge in [-0.25, -0.2) is 0 Å². The Morgan fingerprint density at radius 2 is 1.80 bits per heavy atom. The van der Waals surface area contributed by atoms with Crippen LogP contribution in [-0.4, -0.2) is 32.6 Å². The van der Waals surface area contributed by atoms with Crippen molar-refractivity contribution in [1.29, 1.82) is 0 Å². The summed E-state index contributed by atoms with van der Waals surface area (Å²) in [6.45, 7) is 0.742. The van der Waals surface area contributed by atoms with Crippen LogP contribution < -0.4 is 20.1 Å². The average molecular weight is 346 g/mol. The Labute approximate surface area is 148 Å². The first-order valence-corrected chi connectivity index (χ1v) is 8.59. The highest BCUT2D eigenvalue weighted by molar-refractivity contribution is 6.35. The fourth-order valence-electron chi connectivity index (χ4n) is 2.80. The van der Waals surface area contributed by atoms with E-state index in [9.17, 15) is 9.59 Å². The molecule has 0 aromatic heterocycles. The average Bonchev–Trinajstić information content (AvgIpc) is 2.66. The normalized spacial score (nSPS) is 13.6. The van der Waals surface area contributed by atoms with Gasteiger partial charge in [0.15, 0.2) is 11.5 Å². The summed E-state index contributed by atoms with van der Waals surface area (Å²) in [6, 6.07) is 5.35. The topological polar surface area (TPSA) is 76.7 Å². The fourth-order valence-corrected chi connectivity index (χ4v) is 2.80. The van der Waals surface area contributed by atoms with Crippen LogP contribution in [0.25, 0.3) is 0 Å². The van der Waals surface area contributed by atoms with Gasteiger partial charge in [-0.1, -0.05) is 17.7 Å². The fraction of sp³-hybridized carbons (Fsp3) is 0.474. The summed E-state index contributed by atoms with van der Waals surface area (Å²) >= 11 is 0. The molecule has 1 aliphatic rings. The Kier molecular flexibility index (Phi) is 7.32. The molecule has 0 aliphatic heterocycles. The Balaban J connectivity index is 1.75. The molecule has 2 rings (SSSR count). The van der Waals surface area contributed by atoms with E-state index in [2.05, 4.69) is 16.7 Å². The molecule has 0 spiro atoms. The number of hydrogen-bond donors (Lipinski definition) is 2. The van der Waals surface area contributed by atoms with Crippen LogP contribution in [0.3, 0.4) is 0 Å². The summed E-state index contributed by atoms with van der Waals surface area (Å²) in [5.74, 6) is -0.0314. The molecule has 136 valence electrons. The molecule has 6 nitrogen and oxygen atoms in total. The van der Waals surface area contributed by atoms with E-state index >= 15 is 0 Å². The lowest BCUT2D eigenvalue weighted by molar-refractivity contribution is -0.139. The predicted molar refractivity (Wildman–Crippen MR) is 95.6 cm³/mol. The number of carbonyl (C=O) groups is 2. The zero-order valence-corrected chi connectivity index (χ0v) is 14.9. The summed E-state index contributed by atoms with van der Waals surface area (Å²) in [7, 11) is 3.11. The van der Waals surface area contributed by atoms with E-state index in [0.717, 1.165) is 24.8 Å².